The van der Waals surface area contributed by atoms with Crippen LogP contribution in [0.25, 0.3) is 0 Å². The van der Waals surface area contributed by atoms with Gasteiger partial charge in [0, 0.05) is 4.88 Å². The predicted molar refractivity (Wildman–Crippen MR) is 70.0 cm³/mol. The van der Waals surface area contributed by atoms with E-state index in [-0.39, 0.29) is 5.54 Å². The molecule has 0 bridgehead atoms. The minimum atomic E-state index is -0.101. The van der Waals surface area contributed by atoms with Crippen LogP contribution >= 0.6 is 11.3 Å². The SMILES string of the molecule is CC(C)(C)N=C(NN)c1cc2c(s1)CCC2. The monoisotopic (exact) mass is 237 g/mol. The summed E-state index contributed by atoms with van der Waals surface area (Å²) in [5.41, 5.74) is 4.11. The molecule has 16 heavy (non-hydrogen) atoms. The number of hydrogen-bond acceptors (Lipinski definition) is 3. The van der Waals surface area contributed by atoms with Crippen LogP contribution in [0.15, 0.2) is 11.1 Å². The van der Waals surface area contributed by atoms with Gasteiger partial charge in [0.2, 0.25) is 0 Å². The summed E-state index contributed by atoms with van der Waals surface area (Å²) in [5.74, 6) is 6.37. The van der Waals surface area contributed by atoms with Crippen LogP contribution in [0.3, 0.4) is 0 Å². The highest BCUT2D eigenvalue weighted by Gasteiger charge is 2.18. The maximum Gasteiger partial charge on any atom is 0.153 e. The second kappa shape index (κ2) is 4.18. The van der Waals surface area contributed by atoms with Gasteiger partial charge in [-0.15, -0.1) is 11.3 Å². The summed E-state index contributed by atoms with van der Waals surface area (Å²) >= 11 is 1.82. The van der Waals surface area contributed by atoms with Crippen LogP contribution in [-0.2, 0) is 12.8 Å². The molecule has 1 heterocycles. The summed E-state index contributed by atoms with van der Waals surface area (Å²) in [6.45, 7) is 6.23. The molecular formula is C12H19N3S. The second-order valence-electron chi connectivity index (χ2n) is 5.19. The first-order chi connectivity index (χ1) is 7.49. The first-order valence-corrected chi connectivity index (χ1v) is 6.50. The van der Waals surface area contributed by atoms with E-state index >= 15 is 0 Å². The third-order valence-electron chi connectivity index (χ3n) is 2.56. The molecule has 0 spiro atoms. The fourth-order valence-electron chi connectivity index (χ4n) is 1.94. The summed E-state index contributed by atoms with van der Waals surface area (Å²) in [4.78, 5) is 7.28. The number of nitrogens with one attached hydrogen (secondary N) is 1. The first-order valence-electron chi connectivity index (χ1n) is 5.68. The highest BCUT2D eigenvalue weighted by atomic mass is 32.1. The Hall–Kier alpha value is -0.870. The Morgan fingerprint density at radius 1 is 1.44 bits per heavy atom. The number of aryl methyl sites for hydroxylation is 2. The number of amidine groups is 1. The van der Waals surface area contributed by atoms with Crippen molar-refractivity contribution in [3.63, 3.8) is 0 Å². The summed E-state index contributed by atoms with van der Waals surface area (Å²) in [6.07, 6.45) is 3.72. The normalized spacial score (nSPS) is 16.4. The lowest BCUT2D eigenvalue weighted by Gasteiger charge is -2.14. The van der Waals surface area contributed by atoms with Crippen LogP contribution in [0.4, 0.5) is 0 Å². The van der Waals surface area contributed by atoms with Crippen LogP contribution in [0, 0.1) is 0 Å². The van der Waals surface area contributed by atoms with Gasteiger partial charge >= 0.3 is 0 Å². The third-order valence-corrected chi connectivity index (χ3v) is 3.81. The van der Waals surface area contributed by atoms with Crippen molar-refractivity contribution in [3.05, 3.63) is 21.4 Å². The maximum absolute atomic E-state index is 5.56. The van der Waals surface area contributed by atoms with Crippen molar-refractivity contribution in [2.45, 2.75) is 45.6 Å². The number of nitrogens with zero attached hydrogens (tertiary/aromatic N) is 1. The lowest BCUT2D eigenvalue weighted by Crippen LogP contribution is -2.33. The van der Waals surface area contributed by atoms with Crippen LogP contribution < -0.4 is 11.3 Å². The predicted octanol–water partition coefficient (Wildman–Crippen LogP) is 2.25. The van der Waals surface area contributed by atoms with E-state index in [9.17, 15) is 0 Å². The molecule has 1 aromatic rings. The average molecular weight is 237 g/mol. The van der Waals surface area contributed by atoms with Crippen LogP contribution in [0.5, 0.6) is 0 Å². The lowest BCUT2D eigenvalue weighted by molar-refractivity contribution is 0.580. The fraction of sp³-hybridized carbons (Fsp3) is 0.583. The van der Waals surface area contributed by atoms with Gasteiger partial charge in [-0.25, -0.2) is 5.84 Å². The molecule has 0 atom stereocenters. The van der Waals surface area contributed by atoms with Crippen LogP contribution in [0.2, 0.25) is 0 Å². The minimum Gasteiger partial charge on any atom is -0.308 e. The lowest BCUT2D eigenvalue weighted by atomic mass is 10.1. The molecule has 0 saturated carbocycles. The van der Waals surface area contributed by atoms with Gasteiger partial charge in [0.05, 0.1) is 10.4 Å². The number of hydrogen-bond donors (Lipinski definition) is 2. The molecule has 1 aliphatic rings. The van der Waals surface area contributed by atoms with Gasteiger partial charge in [-0.05, 0) is 51.7 Å². The largest absolute Gasteiger partial charge is 0.308 e. The molecule has 3 nitrogen and oxygen atoms in total. The smallest absolute Gasteiger partial charge is 0.153 e. The van der Waals surface area contributed by atoms with Gasteiger partial charge in [0.15, 0.2) is 5.84 Å². The molecule has 1 aliphatic carbocycles. The minimum absolute atomic E-state index is 0.101. The van der Waals surface area contributed by atoms with Crippen LogP contribution in [0.1, 0.15) is 42.5 Å². The molecule has 0 aliphatic heterocycles. The van der Waals surface area contributed by atoms with Crippen molar-refractivity contribution in [2.24, 2.45) is 10.8 Å². The van der Waals surface area contributed by atoms with Crippen LogP contribution in [-0.4, -0.2) is 11.4 Å². The van der Waals surface area contributed by atoms with E-state index in [2.05, 4.69) is 37.3 Å². The molecule has 0 amide bonds. The summed E-state index contributed by atoms with van der Waals surface area (Å²) in [5, 5.41) is 0. The molecule has 0 radical (unpaired) electrons. The number of nitrogens with two attached hydrogens (primary N) is 1. The highest BCUT2D eigenvalue weighted by Crippen LogP contribution is 2.30. The molecule has 0 saturated heterocycles. The number of aliphatic imine (C=N–C) groups is 1. The molecule has 2 rings (SSSR count). The van der Waals surface area contributed by atoms with E-state index in [4.69, 9.17) is 5.84 Å². The Morgan fingerprint density at radius 3 is 2.75 bits per heavy atom. The number of fused-ring (bicyclic) bond motifs is 1. The Balaban J connectivity index is 2.31. The maximum atomic E-state index is 5.56. The van der Waals surface area contributed by atoms with E-state index in [1.54, 1.807) is 0 Å². The zero-order chi connectivity index (χ0) is 11.8. The van der Waals surface area contributed by atoms with Gasteiger partial charge < -0.3 is 5.43 Å². The Kier molecular flexibility index (Phi) is 3.04. The van der Waals surface area contributed by atoms with Gasteiger partial charge in [-0.2, -0.15) is 0 Å². The van der Waals surface area contributed by atoms with Gasteiger partial charge in [0.1, 0.15) is 0 Å². The molecule has 88 valence electrons. The van der Waals surface area contributed by atoms with E-state index in [1.807, 2.05) is 11.3 Å². The Morgan fingerprint density at radius 2 is 2.19 bits per heavy atom. The molecule has 0 fully saturated rings. The molecule has 4 heteroatoms. The van der Waals surface area contributed by atoms with Crippen molar-refractivity contribution < 1.29 is 0 Å². The van der Waals surface area contributed by atoms with E-state index in [0.29, 0.717) is 0 Å². The van der Waals surface area contributed by atoms with E-state index in [1.165, 1.54) is 34.6 Å². The second-order valence-corrected chi connectivity index (χ2v) is 6.32. The fourth-order valence-corrected chi connectivity index (χ4v) is 3.15. The molecule has 3 N–H and O–H groups in total. The Labute approximate surface area is 101 Å². The van der Waals surface area contributed by atoms with Crippen molar-refractivity contribution in [1.29, 1.82) is 0 Å². The van der Waals surface area contributed by atoms with Gasteiger partial charge in [0.25, 0.3) is 0 Å². The van der Waals surface area contributed by atoms with Crippen molar-refractivity contribution in [2.75, 3.05) is 0 Å². The summed E-state index contributed by atoms with van der Waals surface area (Å²) < 4.78 is 0. The summed E-state index contributed by atoms with van der Waals surface area (Å²) in [7, 11) is 0. The zero-order valence-corrected chi connectivity index (χ0v) is 10.9. The highest BCUT2D eigenvalue weighted by molar-refractivity contribution is 7.14. The quantitative estimate of drug-likeness (QED) is 0.341. The van der Waals surface area contributed by atoms with Crippen molar-refractivity contribution in [3.8, 4) is 0 Å². The first kappa shape index (κ1) is 11.6. The van der Waals surface area contributed by atoms with Crippen molar-refractivity contribution >= 4 is 17.2 Å². The van der Waals surface area contributed by atoms with Crippen molar-refractivity contribution in [1.82, 2.24) is 5.43 Å². The summed E-state index contributed by atoms with van der Waals surface area (Å²) in [6, 6.07) is 2.23. The van der Waals surface area contributed by atoms with Gasteiger partial charge in [-0.3, -0.25) is 4.99 Å². The average Bonchev–Trinajstić information content (AvgIpc) is 2.71. The number of hydrazine groups is 1. The van der Waals surface area contributed by atoms with E-state index < -0.39 is 0 Å². The van der Waals surface area contributed by atoms with E-state index in [0.717, 1.165) is 5.84 Å². The zero-order valence-electron chi connectivity index (χ0n) is 10.1. The van der Waals surface area contributed by atoms with Gasteiger partial charge in [-0.1, -0.05) is 0 Å². The number of thiophene rings is 1. The molecule has 0 aromatic carbocycles. The molecule has 1 aromatic heterocycles. The topological polar surface area (TPSA) is 50.4 Å². The number of rotatable bonds is 1. The molecular weight excluding hydrogens is 218 g/mol. The Bertz CT molecular complexity index is 391. The standard InChI is InChI=1S/C12H19N3S/c1-12(2,3)14-11(15-13)10-7-8-5-4-6-9(8)16-10/h7H,4-6,13H2,1-3H3,(H,14,15). The third kappa shape index (κ3) is 2.44. The molecule has 0 unspecified atom stereocenters.